The van der Waals surface area contributed by atoms with Crippen molar-refractivity contribution < 1.29 is 4.74 Å². The van der Waals surface area contributed by atoms with Crippen LogP contribution in [-0.4, -0.2) is 28.3 Å². The molecule has 1 N–H and O–H groups in total. The molecule has 0 aliphatic carbocycles. The van der Waals surface area contributed by atoms with Crippen molar-refractivity contribution in [3.63, 3.8) is 0 Å². The number of nitrogens with zero attached hydrogens (tertiary/aromatic N) is 1. The first-order valence-corrected chi connectivity index (χ1v) is 7.16. The first kappa shape index (κ1) is 15.4. The number of ether oxygens (including phenoxy) is 1. The lowest BCUT2D eigenvalue weighted by atomic mass is 9.96. The maximum absolute atomic E-state index is 5.52. The second-order valence-electron chi connectivity index (χ2n) is 5.45. The lowest BCUT2D eigenvalue weighted by molar-refractivity contribution is 0.405. The molecule has 2 aromatic carbocycles. The van der Waals surface area contributed by atoms with Gasteiger partial charge in [0.1, 0.15) is 5.75 Å². The van der Waals surface area contributed by atoms with Crippen molar-refractivity contribution in [2.45, 2.75) is 13.0 Å². The van der Waals surface area contributed by atoms with E-state index < -0.39 is 0 Å². The molecule has 3 nitrogen and oxygen atoms in total. The Morgan fingerprint density at radius 3 is 2.24 bits per heavy atom. The fourth-order valence-electron chi connectivity index (χ4n) is 2.55. The monoisotopic (exact) mass is 284 g/mol. The van der Waals surface area contributed by atoms with E-state index in [0.717, 1.165) is 11.3 Å². The highest BCUT2D eigenvalue weighted by atomic mass is 16.5. The van der Waals surface area contributed by atoms with Crippen LogP contribution in [-0.2, 0) is 0 Å². The van der Waals surface area contributed by atoms with Crippen molar-refractivity contribution in [3.05, 3.63) is 59.2 Å². The summed E-state index contributed by atoms with van der Waals surface area (Å²) in [6, 6.07) is 15.0. The highest BCUT2D eigenvalue weighted by Crippen LogP contribution is 2.31. The van der Waals surface area contributed by atoms with E-state index in [2.05, 4.69) is 53.5 Å². The molecular formula is C18H24N2O. The van der Waals surface area contributed by atoms with Gasteiger partial charge in [0.15, 0.2) is 0 Å². The number of nitrogens with one attached hydrogen (secondary N) is 1. The third kappa shape index (κ3) is 3.37. The number of hydrogen-bond donors (Lipinski definition) is 1. The van der Waals surface area contributed by atoms with Gasteiger partial charge in [-0.3, -0.25) is 0 Å². The molecule has 0 aliphatic rings. The van der Waals surface area contributed by atoms with Crippen LogP contribution in [0, 0.1) is 6.92 Å². The average molecular weight is 284 g/mol. The smallest absolute Gasteiger partial charge is 0.123 e. The molecule has 0 spiro atoms. The quantitative estimate of drug-likeness (QED) is 0.911. The van der Waals surface area contributed by atoms with E-state index >= 15 is 0 Å². The molecule has 0 bridgehead atoms. The summed E-state index contributed by atoms with van der Waals surface area (Å²) in [6.45, 7) is 2.10. The highest BCUT2D eigenvalue weighted by molar-refractivity contribution is 5.49. The Labute approximate surface area is 127 Å². The van der Waals surface area contributed by atoms with E-state index in [-0.39, 0.29) is 6.04 Å². The number of methoxy groups -OCH3 is 1. The molecule has 1 unspecified atom stereocenters. The number of anilines is 1. The van der Waals surface area contributed by atoms with Crippen molar-refractivity contribution in [2.75, 3.05) is 33.2 Å². The fourth-order valence-corrected chi connectivity index (χ4v) is 2.55. The van der Waals surface area contributed by atoms with Crippen molar-refractivity contribution in [1.29, 1.82) is 0 Å². The van der Waals surface area contributed by atoms with Crippen LogP contribution in [0.25, 0.3) is 0 Å². The molecule has 0 fully saturated rings. The van der Waals surface area contributed by atoms with Crippen LogP contribution < -0.4 is 15.0 Å². The summed E-state index contributed by atoms with van der Waals surface area (Å²) in [7, 11) is 7.80. The van der Waals surface area contributed by atoms with Crippen LogP contribution in [0.4, 0.5) is 5.69 Å². The lowest BCUT2D eigenvalue weighted by Crippen LogP contribution is -2.19. The third-order valence-electron chi connectivity index (χ3n) is 3.73. The zero-order valence-corrected chi connectivity index (χ0v) is 13.5. The predicted octanol–water partition coefficient (Wildman–Crippen LogP) is 3.38. The largest absolute Gasteiger partial charge is 0.496 e. The van der Waals surface area contributed by atoms with E-state index in [1.54, 1.807) is 7.11 Å². The minimum atomic E-state index is 0.121. The van der Waals surface area contributed by atoms with Gasteiger partial charge >= 0.3 is 0 Å². The Hall–Kier alpha value is -2.00. The second-order valence-corrected chi connectivity index (χ2v) is 5.45. The van der Waals surface area contributed by atoms with Crippen LogP contribution in [0.1, 0.15) is 22.7 Å². The van der Waals surface area contributed by atoms with Crippen molar-refractivity contribution in [1.82, 2.24) is 5.32 Å². The maximum atomic E-state index is 5.52. The molecule has 3 heteroatoms. The van der Waals surface area contributed by atoms with E-state index in [0.29, 0.717) is 0 Å². The summed E-state index contributed by atoms with van der Waals surface area (Å²) >= 11 is 0. The van der Waals surface area contributed by atoms with Gasteiger partial charge in [-0.25, -0.2) is 0 Å². The van der Waals surface area contributed by atoms with E-state index in [9.17, 15) is 0 Å². The summed E-state index contributed by atoms with van der Waals surface area (Å²) in [6.07, 6.45) is 0. The van der Waals surface area contributed by atoms with Crippen LogP contribution in [0.3, 0.4) is 0 Å². The molecule has 0 heterocycles. The number of rotatable bonds is 5. The lowest BCUT2D eigenvalue weighted by Gasteiger charge is -2.21. The highest BCUT2D eigenvalue weighted by Gasteiger charge is 2.16. The maximum Gasteiger partial charge on any atom is 0.123 e. The van der Waals surface area contributed by atoms with Gasteiger partial charge in [-0.15, -0.1) is 0 Å². The van der Waals surface area contributed by atoms with Gasteiger partial charge in [0, 0.05) is 25.3 Å². The zero-order valence-electron chi connectivity index (χ0n) is 13.5. The van der Waals surface area contributed by atoms with Crippen LogP contribution in [0.5, 0.6) is 5.75 Å². The van der Waals surface area contributed by atoms with Crippen molar-refractivity contribution >= 4 is 5.69 Å². The van der Waals surface area contributed by atoms with E-state index in [1.807, 2.05) is 27.2 Å². The summed E-state index contributed by atoms with van der Waals surface area (Å²) in [5.74, 6) is 0.914. The van der Waals surface area contributed by atoms with E-state index in [1.165, 1.54) is 16.8 Å². The molecule has 0 amide bonds. The van der Waals surface area contributed by atoms with Crippen molar-refractivity contribution in [3.8, 4) is 5.75 Å². The summed E-state index contributed by atoms with van der Waals surface area (Å²) in [5.41, 5.74) is 4.82. The van der Waals surface area contributed by atoms with Gasteiger partial charge in [0.25, 0.3) is 0 Å². The molecular weight excluding hydrogens is 260 g/mol. The minimum Gasteiger partial charge on any atom is -0.496 e. The van der Waals surface area contributed by atoms with Gasteiger partial charge in [0.2, 0.25) is 0 Å². The first-order valence-electron chi connectivity index (χ1n) is 7.16. The second kappa shape index (κ2) is 6.64. The average Bonchev–Trinajstić information content (AvgIpc) is 2.49. The number of aryl methyl sites for hydroxylation is 1. The Morgan fingerprint density at radius 1 is 1.05 bits per heavy atom. The van der Waals surface area contributed by atoms with Gasteiger partial charge in [-0.2, -0.15) is 0 Å². The summed E-state index contributed by atoms with van der Waals surface area (Å²) in [5, 5.41) is 3.39. The zero-order chi connectivity index (χ0) is 15.4. The Balaban J connectivity index is 2.41. The standard InChI is InChI=1S/C18H24N2O/c1-13-6-11-17(21-5)16(12-13)18(19-2)14-7-9-15(10-8-14)20(3)4/h6-12,18-19H,1-5H3. The van der Waals surface area contributed by atoms with Crippen LogP contribution in [0.2, 0.25) is 0 Å². The van der Waals surface area contributed by atoms with Crippen molar-refractivity contribution in [2.24, 2.45) is 0 Å². The van der Waals surface area contributed by atoms with Crippen LogP contribution >= 0.6 is 0 Å². The van der Waals surface area contributed by atoms with Gasteiger partial charge in [-0.05, 0) is 37.7 Å². The molecule has 0 radical (unpaired) electrons. The molecule has 1 atom stereocenters. The SMILES string of the molecule is CNC(c1ccc(N(C)C)cc1)c1cc(C)ccc1OC. The minimum absolute atomic E-state index is 0.121. The summed E-state index contributed by atoms with van der Waals surface area (Å²) < 4.78 is 5.52. The number of hydrogen-bond acceptors (Lipinski definition) is 3. The predicted molar refractivity (Wildman–Crippen MR) is 89.4 cm³/mol. The topological polar surface area (TPSA) is 24.5 Å². The van der Waals surface area contributed by atoms with Gasteiger partial charge < -0.3 is 15.0 Å². The first-order chi connectivity index (χ1) is 10.1. The molecule has 0 aliphatic heterocycles. The molecule has 2 rings (SSSR count). The van der Waals surface area contributed by atoms with Crippen LogP contribution in [0.15, 0.2) is 42.5 Å². The Kier molecular flexibility index (Phi) is 4.86. The normalized spacial score (nSPS) is 12.0. The molecule has 2 aromatic rings. The molecule has 0 saturated heterocycles. The van der Waals surface area contributed by atoms with E-state index in [4.69, 9.17) is 4.74 Å². The Bertz CT molecular complexity index is 591. The van der Waals surface area contributed by atoms with Gasteiger partial charge in [-0.1, -0.05) is 29.8 Å². The molecule has 0 aromatic heterocycles. The molecule has 21 heavy (non-hydrogen) atoms. The summed E-state index contributed by atoms with van der Waals surface area (Å²) in [4.78, 5) is 2.10. The molecule has 112 valence electrons. The molecule has 0 saturated carbocycles. The third-order valence-corrected chi connectivity index (χ3v) is 3.73. The fraction of sp³-hybridized carbons (Fsp3) is 0.333. The van der Waals surface area contributed by atoms with Gasteiger partial charge in [0.05, 0.1) is 13.2 Å². The Morgan fingerprint density at radius 2 is 1.71 bits per heavy atom. The number of benzene rings is 2.